The van der Waals surface area contributed by atoms with Crippen LogP contribution >= 0.6 is 11.3 Å². The molecule has 1 aromatic carbocycles. The van der Waals surface area contributed by atoms with Crippen LogP contribution in [0, 0.1) is 11.7 Å². The molecule has 1 unspecified atom stereocenters. The number of nitrogens with zero attached hydrogens (tertiary/aromatic N) is 2. The predicted octanol–water partition coefficient (Wildman–Crippen LogP) is 3.46. The minimum Gasteiger partial charge on any atom is -0.375 e. The summed E-state index contributed by atoms with van der Waals surface area (Å²) in [5.41, 5.74) is 0.991. The molecule has 1 aromatic heterocycles. The number of benzene rings is 1. The first kappa shape index (κ1) is 21.5. The van der Waals surface area contributed by atoms with Crippen LogP contribution in [-0.2, 0) is 16.0 Å². The minimum atomic E-state index is -0.269. The van der Waals surface area contributed by atoms with E-state index in [2.05, 4.69) is 0 Å². The van der Waals surface area contributed by atoms with Crippen LogP contribution in [0.1, 0.15) is 28.1 Å². The molecule has 0 saturated carbocycles. The number of piperidine rings is 1. The average molecular weight is 419 g/mol. The van der Waals surface area contributed by atoms with Crippen molar-refractivity contribution in [2.75, 3.05) is 33.9 Å². The number of halogens is 1. The molecule has 2 aromatic rings. The summed E-state index contributed by atoms with van der Waals surface area (Å²) in [7, 11) is 3.31. The summed E-state index contributed by atoms with van der Waals surface area (Å²) in [5, 5.41) is 1.91. The summed E-state index contributed by atoms with van der Waals surface area (Å²) < 4.78 is 18.3. The van der Waals surface area contributed by atoms with Crippen LogP contribution in [-0.4, -0.2) is 61.5 Å². The van der Waals surface area contributed by atoms with Gasteiger partial charge in [0.05, 0.1) is 4.88 Å². The van der Waals surface area contributed by atoms with E-state index in [1.54, 1.807) is 24.1 Å². The summed E-state index contributed by atoms with van der Waals surface area (Å²) >= 11 is 1.46. The van der Waals surface area contributed by atoms with Crippen LogP contribution in [0.2, 0.25) is 0 Å². The van der Waals surface area contributed by atoms with Crippen molar-refractivity contribution in [1.82, 2.24) is 9.80 Å². The van der Waals surface area contributed by atoms with E-state index in [0.29, 0.717) is 19.5 Å². The van der Waals surface area contributed by atoms with E-state index in [9.17, 15) is 14.0 Å². The van der Waals surface area contributed by atoms with E-state index in [1.165, 1.54) is 30.6 Å². The molecule has 0 N–H and O–H groups in total. The maximum atomic E-state index is 13.3. The lowest BCUT2D eigenvalue weighted by Crippen LogP contribution is -2.49. The Labute approximate surface area is 175 Å². The zero-order valence-electron chi connectivity index (χ0n) is 16.8. The van der Waals surface area contributed by atoms with E-state index in [0.717, 1.165) is 23.3 Å². The Morgan fingerprint density at radius 3 is 2.52 bits per heavy atom. The zero-order valence-corrected chi connectivity index (χ0v) is 17.7. The molecule has 3 rings (SSSR count). The van der Waals surface area contributed by atoms with Crippen molar-refractivity contribution in [2.24, 2.45) is 5.92 Å². The van der Waals surface area contributed by atoms with Gasteiger partial charge in [0.1, 0.15) is 12.4 Å². The molecule has 29 heavy (non-hydrogen) atoms. The highest BCUT2D eigenvalue weighted by Crippen LogP contribution is 2.28. The molecule has 1 atom stereocenters. The van der Waals surface area contributed by atoms with E-state index >= 15 is 0 Å². The largest absolute Gasteiger partial charge is 0.375 e. The maximum absolute atomic E-state index is 13.3. The van der Waals surface area contributed by atoms with E-state index in [1.807, 2.05) is 22.4 Å². The Bertz CT molecular complexity index is 802. The van der Waals surface area contributed by atoms with Gasteiger partial charge >= 0.3 is 0 Å². The SMILES string of the molecule is COCC(=O)N(C)C(Cc1ccc(F)cc1)C1CCN(C(=O)c2cccs2)CC1. The molecule has 2 amide bonds. The van der Waals surface area contributed by atoms with Gasteiger partial charge in [-0.05, 0) is 54.3 Å². The lowest BCUT2D eigenvalue weighted by atomic mass is 9.85. The molecule has 0 radical (unpaired) electrons. The number of hydrogen-bond acceptors (Lipinski definition) is 4. The van der Waals surface area contributed by atoms with Crippen molar-refractivity contribution < 1.29 is 18.7 Å². The van der Waals surface area contributed by atoms with Crippen molar-refractivity contribution in [3.63, 3.8) is 0 Å². The molecule has 1 fully saturated rings. The van der Waals surface area contributed by atoms with Gasteiger partial charge in [0.2, 0.25) is 5.91 Å². The van der Waals surface area contributed by atoms with Gasteiger partial charge in [-0.3, -0.25) is 9.59 Å². The van der Waals surface area contributed by atoms with Crippen molar-refractivity contribution in [3.05, 3.63) is 58.0 Å². The van der Waals surface area contributed by atoms with Crippen LogP contribution in [0.5, 0.6) is 0 Å². The number of likely N-dealkylation sites (tertiary alicyclic amines) is 1. The number of amides is 2. The molecule has 5 nitrogen and oxygen atoms in total. The number of methoxy groups -OCH3 is 1. The Morgan fingerprint density at radius 1 is 1.24 bits per heavy atom. The van der Waals surface area contributed by atoms with Crippen LogP contribution in [0.15, 0.2) is 41.8 Å². The fourth-order valence-electron chi connectivity index (χ4n) is 3.94. The second-order valence-electron chi connectivity index (χ2n) is 7.44. The molecule has 1 aliphatic heterocycles. The minimum absolute atomic E-state index is 0.0258. The topological polar surface area (TPSA) is 49.9 Å². The molecule has 7 heteroatoms. The third-order valence-electron chi connectivity index (χ3n) is 5.62. The lowest BCUT2D eigenvalue weighted by molar-refractivity contribution is -0.137. The van der Waals surface area contributed by atoms with Crippen molar-refractivity contribution in [2.45, 2.75) is 25.3 Å². The average Bonchev–Trinajstić information content (AvgIpc) is 3.27. The molecule has 0 spiro atoms. The van der Waals surface area contributed by atoms with Gasteiger partial charge in [-0.2, -0.15) is 0 Å². The first-order valence-corrected chi connectivity index (χ1v) is 10.7. The number of rotatable bonds is 7. The number of carbonyl (C=O) groups is 2. The van der Waals surface area contributed by atoms with Crippen LogP contribution < -0.4 is 0 Å². The first-order chi connectivity index (χ1) is 14.0. The molecular formula is C22H27FN2O3S. The van der Waals surface area contributed by atoms with Gasteiger partial charge in [0.15, 0.2) is 0 Å². The monoisotopic (exact) mass is 418 g/mol. The van der Waals surface area contributed by atoms with E-state index < -0.39 is 0 Å². The number of carbonyl (C=O) groups excluding carboxylic acids is 2. The third kappa shape index (κ3) is 5.42. The second kappa shape index (κ2) is 9.98. The molecule has 0 aliphatic carbocycles. The number of hydrogen-bond donors (Lipinski definition) is 0. The summed E-state index contributed by atoms with van der Waals surface area (Å²) in [4.78, 5) is 29.5. The Kier molecular flexibility index (Phi) is 7.39. The summed E-state index contributed by atoms with van der Waals surface area (Å²) in [6.07, 6.45) is 2.30. The Morgan fingerprint density at radius 2 is 1.93 bits per heavy atom. The second-order valence-corrected chi connectivity index (χ2v) is 8.39. The number of ether oxygens (including phenoxy) is 1. The molecule has 156 valence electrons. The normalized spacial score (nSPS) is 15.9. The van der Waals surface area contributed by atoms with E-state index in [4.69, 9.17) is 4.74 Å². The maximum Gasteiger partial charge on any atom is 0.263 e. The molecule has 1 saturated heterocycles. The summed E-state index contributed by atoms with van der Waals surface area (Å²) in [6.45, 7) is 1.38. The van der Waals surface area contributed by atoms with Crippen LogP contribution in [0.3, 0.4) is 0 Å². The van der Waals surface area contributed by atoms with Crippen molar-refractivity contribution >= 4 is 23.2 Å². The van der Waals surface area contributed by atoms with Gasteiger partial charge in [-0.25, -0.2) is 4.39 Å². The Hall–Kier alpha value is -2.25. The standard InChI is InChI=1S/C22H27FN2O3S/c1-24(21(26)15-28-2)19(14-16-5-7-18(23)8-6-16)17-9-11-25(12-10-17)22(27)20-4-3-13-29-20/h3-8,13,17,19H,9-12,14-15H2,1-2H3. The van der Waals surface area contributed by atoms with Gasteiger partial charge < -0.3 is 14.5 Å². The highest BCUT2D eigenvalue weighted by molar-refractivity contribution is 7.12. The van der Waals surface area contributed by atoms with E-state index in [-0.39, 0.29) is 36.2 Å². The first-order valence-electron chi connectivity index (χ1n) is 9.81. The third-order valence-corrected chi connectivity index (χ3v) is 6.48. The number of likely N-dealkylation sites (N-methyl/N-ethyl adjacent to an activating group) is 1. The Balaban J connectivity index is 1.69. The van der Waals surface area contributed by atoms with Crippen LogP contribution in [0.4, 0.5) is 4.39 Å². The molecular weight excluding hydrogens is 391 g/mol. The quantitative estimate of drug-likeness (QED) is 0.692. The lowest BCUT2D eigenvalue weighted by Gasteiger charge is -2.40. The van der Waals surface area contributed by atoms with Crippen molar-refractivity contribution in [3.8, 4) is 0 Å². The predicted molar refractivity (Wildman–Crippen MR) is 111 cm³/mol. The van der Waals surface area contributed by atoms with Crippen LogP contribution in [0.25, 0.3) is 0 Å². The van der Waals surface area contributed by atoms with Gasteiger partial charge in [-0.15, -0.1) is 11.3 Å². The summed E-state index contributed by atoms with van der Waals surface area (Å²) in [6, 6.07) is 10.2. The summed E-state index contributed by atoms with van der Waals surface area (Å²) in [5.74, 6) is 0.00167. The highest BCUT2D eigenvalue weighted by Gasteiger charge is 2.33. The zero-order chi connectivity index (χ0) is 20.8. The fourth-order valence-corrected chi connectivity index (χ4v) is 4.63. The van der Waals surface area contributed by atoms with Gasteiger partial charge in [0.25, 0.3) is 5.91 Å². The van der Waals surface area contributed by atoms with Crippen molar-refractivity contribution in [1.29, 1.82) is 0 Å². The molecule has 2 heterocycles. The van der Waals surface area contributed by atoms with Gasteiger partial charge in [0, 0.05) is 33.3 Å². The van der Waals surface area contributed by atoms with Gasteiger partial charge in [-0.1, -0.05) is 18.2 Å². The smallest absolute Gasteiger partial charge is 0.263 e. The fraction of sp³-hybridized carbons (Fsp3) is 0.455. The number of thiophene rings is 1. The molecule has 0 bridgehead atoms. The molecule has 1 aliphatic rings. The highest BCUT2D eigenvalue weighted by atomic mass is 32.1.